The number of aromatic nitrogens is 4. The summed E-state index contributed by atoms with van der Waals surface area (Å²) in [7, 11) is 2.13. The van der Waals surface area contributed by atoms with Crippen LogP contribution in [0.1, 0.15) is 28.7 Å². The zero-order valence-electron chi connectivity index (χ0n) is 14.2. The summed E-state index contributed by atoms with van der Waals surface area (Å²) >= 11 is 3.21. The molecule has 25 heavy (non-hydrogen) atoms. The fraction of sp³-hybridized carbons (Fsp3) is 0.294. The van der Waals surface area contributed by atoms with Crippen LogP contribution < -0.4 is 10.5 Å². The maximum atomic E-state index is 12.0. The summed E-state index contributed by atoms with van der Waals surface area (Å²) in [5.41, 5.74) is 1.65. The third-order valence-corrected chi connectivity index (χ3v) is 6.39. The molecule has 0 spiro atoms. The maximum Gasteiger partial charge on any atom is 0.275 e. The molecule has 0 amide bonds. The zero-order valence-corrected chi connectivity index (χ0v) is 15.8. The van der Waals surface area contributed by atoms with E-state index in [0.717, 1.165) is 27.8 Å². The largest absolute Gasteiger partial charge is 0.324 e. The molecular weight excluding hydrogens is 354 g/mol. The molecule has 0 aliphatic rings. The predicted octanol–water partition coefficient (Wildman–Crippen LogP) is 1.85. The fourth-order valence-corrected chi connectivity index (χ4v) is 4.86. The molecule has 6 nitrogen and oxygen atoms in total. The number of thiazole rings is 1. The quantitative estimate of drug-likeness (QED) is 0.594. The number of quaternary nitrogens is 1. The Morgan fingerprint density at radius 3 is 2.84 bits per heavy atom. The molecule has 128 valence electrons. The molecule has 4 aromatic rings. The van der Waals surface area contributed by atoms with Gasteiger partial charge in [0.15, 0.2) is 10.0 Å². The van der Waals surface area contributed by atoms with Gasteiger partial charge in [0.25, 0.3) is 5.56 Å². The first-order valence-corrected chi connectivity index (χ1v) is 9.69. The molecule has 4 rings (SSSR count). The van der Waals surface area contributed by atoms with Gasteiger partial charge in [-0.3, -0.25) is 4.79 Å². The number of para-hydroxylation sites is 1. The van der Waals surface area contributed by atoms with Crippen LogP contribution in [0.5, 0.6) is 0 Å². The van der Waals surface area contributed by atoms with Crippen LogP contribution in [0, 0.1) is 6.92 Å². The average molecular weight is 372 g/mol. The number of nitrogens with zero attached hydrogens (tertiary/aromatic N) is 4. The molecule has 0 radical (unpaired) electrons. The lowest BCUT2D eigenvalue weighted by Gasteiger charge is -2.18. The van der Waals surface area contributed by atoms with Gasteiger partial charge in [0.1, 0.15) is 12.6 Å². The monoisotopic (exact) mass is 372 g/mol. The van der Waals surface area contributed by atoms with Gasteiger partial charge in [-0.1, -0.05) is 23.5 Å². The van der Waals surface area contributed by atoms with Crippen LogP contribution in [0.4, 0.5) is 0 Å². The molecule has 0 saturated heterocycles. The summed E-state index contributed by atoms with van der Waals surface area (Å²) in [6.07, 6.45) is 0. The SMILES string of the molecule is Cc1cc(=O)n2nc(C[NH+](C)[C@@H](C)c3nc4ccccc4s3)sc2n1. The Kier molecular flexibility index (Phi) is 4.10. The number of aryl methyl sites for hydroxylation is 1. The molecule has 3 aromatic heterocycles. The molecule has 1 aromatic carbocycles. The van der Waals surface area contributed by atoms with Crippen molar-refractivity contribution in [1.29, 1.82) is 0 Å². The smallest absolute Gasteiger partial charge is 0.275 e. The maximum absolute atomic E-state index is 12.0. The van der Waals surface area contributed by atoms with E-state index >= 15 is 0 Å². The molecular formula is C17H18N5OS2+. The number of rotatable bonds is 4. The van der Waals surface area contributed by atoms with Gasteiger partial charge in [-0.05, 0) is 26.0 Å². The van der Waals surface area contributed by atoms with Crippen molar-refractivity contribution < 1.29 is 4.90 Å². The summed E-state index contributed by atoms with van der Waals surface area (Å²) in [6, 6.07) is 9.96. The second-order valence-corrected chi connectivity index (χ2v) is 8.29. The molecule has 0 saturated carbocycles. The van der Waals surface area contributed by atoms with Crippen LogP contribution in [0.15, 0.2) is 35.1 Å². The van der Waals surface area contributed by atoms with E-state index in [0.29, 0.717) is 4.96 Å². The Morgan fingerprint density at radius 2 is 2.04 bits per heavy atom. The fourth-order valence-electron chi connectivity index (χ4n) is 2.71. The number of benzene rings is 1. The topological polar surface area (TPSA) is 64.6 Å². The van der Waals surface area contributed by atoms with E-state index in [1.807, 2.05) is 25.1 Å². The summed E-state index contributed by atoms with van der Waals surface area (Å²) in [4.78, 5) is 23.1. The molecule has 1 unspecified atom stereocenters. The van der Waals surface area contributed by atoms with Crippen molar-refractivity contribution in [1.82, 2.24) is 19.6 Å². The van der Waals surface area contributed by atoms with Crippen LogP contribution in [-0.2, 0) is 6.54 Å². The first kappa shape index (κ1) is 16.3. The Labute approximate surface area is 152 Å². The van der Waals surface area contributed by atoms with E-state index in [2.05, 4.69) is 30.1 Å². The van der Waals surface area contributed by atoms with E-state index in [4.69, 9.17) is 4.98 Å². The average Bonchev–Trinajstić information content (AvgIpc) is 3.17. The molecule has 2 atom stereocenters. The van der Waals surface area contributed by atoms with Gasteiger partial charge in [0, 0.05) is 11.8 Å². The summed E-state index contributed by atoms with van der Waals surface area (Å²) < 4.78 is 2.60. The van der Waals surface area contributed by atoms with Crippen molar-refractivity contribution in [2.75, 3.05) is 7.05 Å². The van der Waals surface area contributed by atoms with Gasteiger partial charge in [0.05, 0.1) is 17.3 Å². The van der Waals surface area contributed by atoms with Crippen molar-refractivity contribution >= 4 is 37.9 Å². The van der Waals surface area contributed by atoms with E-state index in [1.165, 1.54) is 31.5 Å². The van der Waals surface area contributed by atoms with E-state index in [9.17, 15) is 4.79 Å². The second kappa shape index (κ2) is 6.29. The van der Waals surface area contributed by atoms with Crippen LogP contribution in [-0.4, -0.2) is 26.6 Å². The van der Waals surface area contributed by atoms with Crippen LogP contribution in [0.25, 0.3) is 15.2 Å². The Morgan fingerprint density at radius 1 is 1.24 bits per heavy atom. The van der Waals surface area contributed by atoms with Crippen molar-refractivity contribution in [3.63, 3.8) is 0 Å². The summed E-state index contributed by atoms with van der Waals surface area (Å²) in [5, 5.41) is 6.45. The lowest BCUT2D eigenvalue weighted by Crippen LogP contribution is -3.07. The lowest BCUT2D eigenvalue weighted by molar-refractivity contribution is -0.923. The number of hydrogen-bond acceptors (Lipinski definition) is 6. The van der Waals surface area contributed by atoms with Crippen LogP contribution >= 0.6 is 22.7 Å². The molecule has 1 N–H and O–H groups in total. The minimum Gasteiger partial charge on any atom is -0.324 e. The Bertz CT molecular complexity index is 1080. The minimum atomic E-state index is -0.123. The first-order valence-electron chi connectivity index (χ1n) is 8.05. The standard InChI is InChI=1S/C17H17N5OS2/c1-10-8-15(23)22-17(18-10)25-14(20-22)9-21(3)11(2)16-19-12-6-4-5-7-13(12)24-16/h4-8,11H,9H2,1-3H3/p+1/t11-/m0/s1. The molecule has 8 heteroatoms. The van der Waals surface area contributed by atoms with Gasteiger partial charge in [-0.15, -0.1) is 11.3 Å². The zero-order chi connectivity index (χ0) is 17.6. The molecule has 0 bridgehead atoms. The number of fused-ring (bicyclic) bond motifs is 2. The van der Waals surface area contributed by atoms with Crippen LogP contribution in [0.3, 0.4) is 0 Å². The highest BCUT2D eigenvalue weighted by molar-refractivity contribution is 7.18. The van der Waals surface area contributed by atoms with Gasteiger partial charge >= 0.3 is 0 Å². The second-order valence-electron chi connectivity index (χ2n) is 6.19. The Hall–Kier alpha value is -2.16. The number of hydrogen-bond donors (Lipinski definition) is 1. The number of nitrogens with one attached hydrogen (secondary N) is 1. The van der Waals surface area contributed by atoms with Gasteiger partial charge in [-0.2, -0.15) is 9.61 Å². The van der Waals surface area contributed by atoms with Gasteiger partial charge in [-0.25, -0.2) is 9.97 Å². The van der Waals surface area contributed by atoms with Gasteiger partial charge in [0.2, 0.25) is 4.96 Å². The normalized spacial score (nSPS) is 14.2. The summed E-state index contributed by atoms with van der Waals surface area (Å²) in [6.45, 7) is 4.73. The Balaban J connectivity index is 1.59. The van der Waals surface area contributed by atoms with E-state index < -0.39 is 0 Å². The highest BCUT2D eigenvalue weighted by Gasteiger charge is 2.21. The first-order chi connectivity index (χ1) is 12.0. The highest BCUT2D eigenvalue weighted by atomic mass is 32.1. The predicted molar refractivity (Wildman–Crippen MR) is 100 cm³/mol. The van der Waals surface area contributed by atoms with Crippen molar-refractivity contribution in [3.8, 4) is 0 Å². The van der Waals surface area contributed by atoms with Crippen molar-refractivity contribution in [2.45, 2.75) is 26.4 Å². The van der Waals surface area contributed by atoms with E-state index in [-0.39, 0.29) is 11.6 Å². The molecule has 0 fully saturated rings. The third kappa shape index (κ3) is 3.08. The third-order valence-electron chi connectivity index (χ3n) is 4.27. The molecule has 3 heterocycles. The molecule has 0 aliphatic carbocycles. The van der Waals surface area contributed by atoms with Gasteiger partial charge < -0.3 is 4.90 Å². The van der Waals surface area contributed by atoms with Crippen molar-refractivity contribution in [2.24, 2.45) is 0 Å². The molecule has 0 aliphatic heterocycles. The van der Waals surface area contributed by atoms with Crippen LogP contribution in [0.2, 0.25) is 0 Å². The minimum absolute atomic E-state index is 0.123. The lowest BCUT2D eigenvalue weighted by atomic mass is 10.3. The summed E-state index contributed by atoms with van der Waals surface area (Å²) in [5.74, 6) is 0. The highest BCUT2D eigenvalue weighted by Crippen LogP contribution is 2.25. The van der Waals surface area contributed by atoms with E-state index in [1.54, 1.807) is 11.3 Å². The van der Waals surface area contributed by atoms with Crippen molar-refractivity contribution in [3.05, 3.63) is 56.4 Å².